The average Bonchev–Trinajstić information content (AvgIpc) is 3.91. The van der Waals surface area contributed by atoms with Crippen LogP contribution in [0.5, 0.6) is 0 Å². The van der Waals surface area contributed by atoms with E-state index in [0.717, 1.165) is 45.7 Å². The van der Waals surface area contributed by atoms with E-state index < -0.39 is 0 Å². The Kier molecular flexibility index (Phi) is 6.76. The van der Waals surface area contributed by atoms with E-state index >= 15 is 0 Å². The van der Waals surface area contributed by atoms with E-state index in [-0.39, 0.29) is 5.41 Å². The van der Waals surface area contributed by atoms with Crippen molar-refractivity contribution in [3.63, 3.8) is 0 Å². The largest absolute Gasteiger partial charge is 0.309 e. The summed E-state index contributed by atoms with van der Waals surface area (Å²) in [5.74, 6) is 0.688. The molecule has 0 spiro atoms. The summed E-state index contributed by atoms with van der Waals surface area (Å²) >= 11 is 0. The third-order valence-electron chi connectivity index (χ3n) is 12.1. The number of hydrogen-bond acceptors (Lipinski definition) is 3. The summed E-state index contributed by atoms with van der Waals surface area (Å²) in [7, 11) is 0. The van der Waals surface area contributed by atoms with Gasteiger partial charge in [-0.3, -0.25) is 4.98 Å². The molecule has 11 aromatic rings. The van der Waals surface area contributed by atoms with E-state index in [1.165, 1.54) is 60.0 Å². The molecule has 0 N–H and O–H groups in total. The zero-order chi connectivity index (χ0) is 37.7. The zero-order valence-electron chi connectivity index (χ0n) is 31.3. The lowest BCUT2D eigenvalue weighted by molar-refractivity contribution is 0.628. The number of aromatic nitrogens is 5. The molecule has 1 unspecified atom stereocenters. The standard InChI is InChI=1S/C52H35N5/c1-52(30-42-38-18-8-10-20-46(38)57-47-21-11-9-19-39(47)43(31-52)50(42)57)36-23-25-49-41(28-36)40-27-34(22-24-48(40)56(49)37-16-6-3-7-17-37)44-29-45(35-15-12-26-53-32-35)55-51(54-44)33-13-4-2-5-14-33/h2-30,32H,31H2,1H3. The summed E-state index contributed by atoms with van der Waals surface area (Å²) in [5.41, 5.74) is 14.5. The molecule has 12 rings (SSSR count). The Morgan fingerprint density at radius 1 is 0.526 bits per heavy atom. The smallest absolute Gasteiger partial charge is 0.160 e. The number of pyridine rings is 1. The second-order valence-electron chi connectivity index (χ2n) is 15.6. The van der Waals surface area contributed by atoms with Crippen LogP contribution in [0, 0.1) is 0 Å². The molecule has 0 fully saturated rings. The molecule has 0 saturated heterocycles. The van der Waals surface area contributed by atoms with Crippen molar-refractivity contribution in [2.45, 2.75) is 18.8 Å². The molecule has 0 aliphatic heterocycles. The van der Waals surface area contributed by atoms with E-state index in [1.807, 2.05) is 30.5 Å². The maximum Gasteiger partial charge on any atom is 0.160 e. The fourth-order valence-electron chi connectivity index (χ4n) is 9.48. The summed E-state index contributed by atoms with van der Waals surface area (Å²) in [5, 5.41) is 6.39. The van der Waals surface area contributed by atoms with Crippen LogP contribution in [-0.4, -0.2) is 23.9 Å². The fourth-order valence-corrected chi connectivity index (χ4v) is 9.48. The molecule has 0 saturated carbocycles. The molecule has 5 heterocycles. The lowest BCUT2D eigenvalue weighted by Gasteiger charge is -2.29. The first-order chi connectivity index (χ1) is 28.1. The van der Waals surface area contributed by atoms with Crippen LogP contribution in [0.4, 0.5) is 0 Å². The molecule has 5 heteroatoms. The van der Waals surface area contributed by atoms with Gasteiger partial charge in [0.2, 0.25) is 0 Å². The molecule has 5 nitrogen and oxygen atoms in total. The highest BCUT2D eigenvalue weighted by Crippen LogP contribution is 2.43. The summed E-state index contributed by atoms with van der Waals surface area (Å²) < 4.78 is 4.88. The molecule has 5 aromatic heterocycles. The Morgan fingerprint density at radius 2 is 1.18 bits per heavy atom. The Balaban J connectivity index is 1.09. The Hall–Kier alpha value is -7.37. The topological polar surface area (TPSA) is 48.0 Å². The number of fused-ring (bicyclic) bond motifs is 9. The SMILES string of the molecule is CC1(c2ccc3c(c2)c2cc(-c4cc(-c5cccnc5)nc(-c5ccccc5)n4)ccc2n3-c2ccccc2)C=c2c3ccccc3n3c2c(c2ccccc23)C1. The average molecular weight is 730 g/mol. The van der Waals surface area contributed by atoms with Gasteiger partial charge in [-0.1, -0.05) is 110 Å². The van der Waals surface area contributed by atoms with Crippen molar-refractivity contribution >= 4 is 55.2 Å². The normalized spacial score (nSPS) is 15.2. The van der Waals surface area contributed by atoms with Crippen molar-refractivity contribution in [1.29, 1.82) is 0 Å². The van der Waals surface area contributed by atoms with Crippen molar-refractivity contribution in [2.75, 3.05) is 0 Å². The van der Waals surface area contributed by atoms with Gasteiger partial charge in [-0.2, -0.15) is 0 Å². The van der Waals surface area contributed by atoms with Crippen molar-refractivity contribution in [1.82, 2.24) is 23.9 Å². The first kappa shape index (κ1) is 31.9. The number of para-hydroxylation sites is 3. The third-order valence-corrected chi connectivity index (χ3v) is 12.1. The minimum absolute atomic E-state index is 0.239. The molecule has 6 aromatic carbocycles. The first-order valence-corrected chi connectivity index (χ1v) is 19.6. The van der Waals surface area contributed by atoms with E-state index in [9.17, 15) is 0 Å². The monoisotopic (exact) mass is 729 g/mol. The van der Waals surface area contributed by atoms with Gasteiger partial charge in [0.15, 0.2) is 5.82 Å². The van der Waals surface area contributed by atoms with Crippen LogP contribution >= 0.6 is 0 Å². The van der Waals surface area contributed by atoms with Crippen molar-refractivity contribution in [2.24, 2.45) is 0 Å². The Morgan fingerprint density at radius 3 is 1.95 bits per heavy atom. The predicted molar refractivity (Wildman–Crippen MR) is 234 cm³/mol. The minimum atomic E-state index is -0.239. The Bertz CT molecular complexity index is 3380. The molecule has 1 aliphatic carbocycles. The van der Waals surface area contributed by atoms with Gasteiger partial charge in [-0.25, -0.2) is 9.97 Å². The molecule has 0 radical (unpaired) electrons. The molecule has 57 heavy (non-hydrogen) atoms. The highest BCUT2D eigenvalue weighted by atomic mass is 15.0. The Labute approximate surface area is 328 Å². The van der Waals surface area contributed by atoms with Gasteiger partial charge >= 0.3 is 0 Å². The highest BCUT2D eigenvalue weighted by molar-refractivity contribution is 6.11. The van der Waals surface area contributed by atoms with Gasteiger partial charge in [-0.05, 0) is 84.3 Å². The molecule has 0 amide bonds. The summed E-state index contributed by atoms with van der Waals surface area (Å²) in [6.45, 7) is 2.42. The van der Waals surface area contributed by atoms with Crippen LogP contribution in [-0.2, 0) is 11.8 Å². The van der Waals surface area contributed by atoms with Crippen LogP contribution < -0.4 is 5.22 Å². The van der Waals surface area contributed by atoms with Gasteiger partial charge < -0.3 is 8.97 Å². The van der Waals surface area contributed by atoms with E-state index in [0.29, 0.717) is 5.82 Å². The number of nitrogens with zero attached hydrogens (tertiary/aromatic N) is 5. The molecule has 1 atom stereocenters. The van der Waals surface area contributed by atoms with Crippen molar-refractivity contribution < 1.29 is 0 Å². The van der Waals surface area contributed by atoms with E-state index in [4.69, 9.17) is 9.97 Å². The summed E-state index contributed by atoms with van der Waals surface area (Å²) in [4.78, 5) is 14.6. The number of benzene rings is 6. The molecule has 268 valence electrons. The first-order valence-electron chi connectivity index (χ1n) is 19.6. The fraction of sp³-hybridized carbons (Fsp3) is 0.0577. The van der Waals surface area contributed by atoms with E-state index in [1.54, 1.807) is 6.20 Å². The zero-order valence-corrected chi connectivity index (χ0v) is 31.3. The van der Waals surface area contributed by atoms with Crippen LogP contribution in [0.3, 0.4) is 0 Å². The number of hydrogen-bond donors (Lipinski definition) is 0. The van der Waals surface area contributed by atoms with Crippen molar-refractivity contribution in [3.8, 4) is 39.6 Å². The van der Waals surface area contributed by atoms with Gasteiger partial charge in [0.1, 0.15) is 0 Å². The van der Waals surface area contributed by atoms with Gasteiger partial charge in [0.05, 0.1) is 39.0 Å². The summed E-state index contributed by atoms with van der Waals surface area (Å²) in [6.07, 6.45) is 7.13. The second-order valence-corrected chi connectivity index (χ2v) is 15.6. The van der Waals surface area contributed by atoms with Gasteiger partial charge in [0.25, 0.3) is 0 Å². The van der Waals surface area contributed by atoms with Crippen LogP contribution in [0.15, 0.2) is 176 Å². The van der Waals surface area contributed by atoms with Crippen molar-refractivity contribution in [3.05, 3.63) is 193 Å². The minimum Gasteiger partial charge on any atom is -0.309 e. The molecule has 1 aliphatic rings. The van der Waals surface area contributed by atoms with Crippen LogP contribution in [0.2, 0.25) is 0 Å². The van der Waals surface area contributed by atoms with Crippen LogP contribution in [0.25, 0.3) is 94.8 Å². The maximum atomic E-state index is 5.19. The lowest BCUT2D eigenvalue weighted by Crippen LogP contribution is -2.28. The number of rotatable bonds is 5. The summed E-state index contributed by atoms with van der Waals surface area (Å²) in [6, 6.07) is 58.7. The maximum absolute atomic E-state index is 5.19. The molecular formula is C52H35N5. The van der Waals surface area contributed by atoms with E-state index in [2.05, 4.69) is 166 Å². The molecule has 0 bridgehead atoms. The molecular weight excluding hydrogens is 695 g/mol. The third kappa shape index (κ3) is 4.79. The predicted octanol–water partition coefficient (Wildman–Crippen LogP) is 11.5. The highest BCUT2D eigenvalue weighted by Gasteiger charge is 2.33. The van der Waals surface area contributed by atoms with Gasteiger partial charge in [0, 0.05) is 66.9 Å². The van der Waals surface area contributed by atoms with Crippen LogP contribution in [0.1, 0.15) is 18.1 Å². The lowest BCUT2D eigenvalue weighted by atomic mass is 9.73. The quantitative estimate of drug-likeness (QED) is 0.177. The van der Waals surface area contributed by atoms with Gasteiger partial charge in [-0.15, -0.1) is 0 Å². The second kappa shape index (κ2) is 12.1.